The van der Waals surface area contributed by atoms with Gasteiger partial charge in [-0.3, -0.25) is 4.40 Å². The molecule has 7 nitrogen and oxygen atoms in total. The zero-order valence-electron chi connectivity index (χ0n) is 20.1. The Hall–Kier alpha value is -3.61. The summed E-state index contributed by atoms with van der Waals surface area (Å²) < 4.78 is 7.80. The van der Waals surface area contributed by atoms with Crippen LogP contribution in [0.2, 0.25) is 0 Å². The summed E-state index contributed by atoms with van der Waals surface area (Å²) in [5.74, 6) is 0.869. The first-order valence-electron chi connectivity index (χ1n) is 11.9. The number of anilines is 1. The van der Waals surface area contributed by atoms with Crippen molar-refractivity contribution in [1.82, 2.24) is 19.3 Å². The van der Waals surface area contributed by atoms with Crippen molar-refractivity contribution in [2.24, 2.45) is 0 Å². The van der Waals surface area contributed by atoms with E-state index in [9.17, 15) is 4.79 Å². The second kappa shape index (κ2) is 8.97. The zero-order valence-corrected chi connectivity index (χ0v) is 20.1. The van der Waals surface area contributed by atoms with Crippen LogP contribution in [-0.2, 0) is 17.6 Å². The largest absolute Gasteiger partial charge is 0.444 e. The quantitative estimate of drug-likeness (QED) is 0.444. The summed E-state index contributed by atoms with van der Waals surface area (Å²) in [5.41, 5.74) is 4.87. The van der Waals surface area contributed by atoms with Gasteiger partial charge < -0.3 is 14.5 Å². The standard InChI is InChI=1S/C27H31N5O2/c1-27(2,3)34-26(33)31-17-15-30(16-18-31)25-24-28-19-21(14-13-20-9-5-4-6-10-20)32(24)23-12-8-7-11-22(23)29-25/h4-12,19H,13-18H2,1-3H3. The number of fused-ring (bicyclic) bond motifs is 3. The van der Waals surface area contributed by atoms with E-state index in [1.165, 1.54) is 11.3 Å². The van der Waals surface area contributed by atoms with Gasteiger partial charge in [0.2, 0.25) is 0 Å². The molecular weight excluding hydrogens is 426 g/mol. The van der Waals surface area contributed by atoms with Crippen LogP contribution in [0.25, 0.3) is 16.7 Å². The Bertz CT molecular complexity index is 1300. The Kier molecular flexibility index (Phi) is 5.86. The summed E-state index contributed by atoms with van der Waals surface area (Å²) in [5, 5.41) is 0. The minimum Gasteiger partial charge on any atom is -0.444 e. The van der Waals surface area contributed by atoms with Gasteiger partial charge in [0, 0.05) is 38.1 Å². The van der Waals surface area contributed by atoms with E-state index in [2.05, 4.69) is 45.7 Å². The molecule has 2 aromatic carbocycles. The zero-order chi connectivity index (χ0) is 23.7. The van der Waals surface area contributed by atoms with Crippen LogP contribution >= 0.6 is 0 Å². The number of benzene rings is 2. The lowest BCUT2D eigenvalue weighted by Gasteiger charge is -2.36. The number of aryl methyl sites for hydroxylation is 2. The average molecular weight is 458 g/mol. The van der Waals surface area contributed by atoms with Gasteiger partial charge in [-0.2, -0.15) is 0 Å². The molecule has 0 saturated carbocycles. The van der Waals surface area contributed by atoms with Gasteiger partial charge in [0.05, 0.1) is 11.0 Å². The molecule has 1 fully saturated rings. The summed E-state index contributed by atoms with van der Waals surface area (Å²) in [6, 6.07) is 18.8. The molecule has 1 amide bonds. The number of carbonyl (C=O) groups is 1. The summed E-state index contributed by atoms with van der Waals surface area (Å²) in [7, 11) is 0. The molecule has 0 aliphatic carbocycles. The monoisotopic (exact) mass is 457 g/mol. The predicted molar refractivity (Wildman–Crippen MR) is 134 cm³/mol. The second-order valence-electron chi connectivity index (χ2n) is 9.77. The van der Waals surface area contributed by atoms with Crippen molar-refractivity contribution < 1.29 is 9.53 Å². The van der Waals surface area contributed by atoms with E-state index in [0.29, 0.717) is 26.2 Å². The fourth-order valence-electron chi connectivity index (χ4n) is 4.46. The highest BCUT2D eigenvalue weighted by Gasteiger charge is 2.28. The van der Waals surface area contributed by atoms with Crippen LogP contribution < -0.4 is 4.90 Å². The third-order valence-corrected chi connectivity index (χ3v) is 6.13. The van der Waals surface area contributed by atoms with Gasteiger partial charge in [-0.1, -0.05) is 42.5 Å². The van der Waals surface area contributed by atoms with Crippen molar-refractivity contribution >= 4 is 28.6 Å². The topological polar surface area (TPSA) is 63.0 Å². The number of aromatic nitrogens is 3. The van der Waals surface area contributed by atoms with Crippen LogP contribution in [-0.4, -0.2) is 57.1 Å². The number of amides is 1. The molecule has 3 heterocycles. The number of para-hydroxylation sites is 2. The van der Waals surface area contributed by atoms with Crippen LogP contribution in [0.1, 0.15) is 32.0 Å². The molecule has 1 aliphatic rings. The molecule has 1 saturated heterocycles. The van der Waals surface area contributed by atoms with Crippen molar-refractivity contribution in [3.8, 4) is 0 Å². The number of carbonyl (C=O) groups excluding carboxylic acids is 1. The maximum Gasteiger partial charge on any atom is 0.410 e. The highest BCUT2D eigenvalue weighted by molar-refractivity contribution is 5.84. The van der Waals surface area contributed by atoms with Gasteiger partial charge in [-0.05, 0) is 51.3 Å². The van der Waals surface area contributed by atoms with Crippen LogP contribution in [0.3, 0.4) is 0 Å². The van der Waals surface area contributed by atoms with Crippen LogP contribution in [0.5, 0.6) is 0 Å². The van der Waals surface area contributed by atoms with E-state index >= 15 is 0 Å². The van der Waals surface area contributed by atoms with Gasteiger partial charge >= 0.3 is 6.09 Å². The molecular formula is C27H31N5O2. The van der Waals surface area contributed by atoms with E-state index in [0.717, 1.165) is 35.3 Å². The van der Waals surface area contributed by atoms with Crippen molar-refractivity contribution in [1.29, 1.82) is 0 Å². The maximum absolute atomic E-state index is 12.5. The molecule has 2 aromatic heterocycles. The molecule has 176 valence electrons. The highest BCUT2D eigenvalue weighted by Crippen LogP contribution is 2.27. The second-order valence-corrected chi connectivity index (χ2v) is 9.77. The van der Waals surface area contributed by atoms with E-state index in [4.69, 9.17) is 14.7 Å². The van der Waals surface area contributed by atoms with E-state index in [1.807, 2.05) is 45.2 Å². The Morgan fingerprint density at radius 3 is 2.38 bits per heavy atom. The molecule has 4 aromatic rings. The van der Waals surface area contributed by atoms with Gasteiger partial charge in [0.1, 0.15) is 5.60 Å². The van der Waals surface area contributed by atoms with Crippen LogP contribution in [0, 0.1) is 0 Å². The first-order chi connectivity index (χ1) is 16.4. The predicted octanol–water partition coefficient (Wildman–Crippen LogP) is 4.72. The first-order valence-corrected chi connectivity index (χ1v) is 11.9. The SMILES string of the molecule is CC(C)(C)OC(=O)N1CCN(c2nc3ccccc3n3c(CCc4ccccc4)cnc23)CC1. The summed E-state index contributed by atoms with van der Waals surface area (Å²) >= 11 is 0. The smallest absolute Gasteiger partial charge is 0.410 e. The molecule has 0 unspecified atom stereocenters. The van der Waals surface area contributed by atoms with E-state index in [1.54, 1.807) is 4.90 Å². The van der Waals surface area contributed by atoms with Gasteiger partial charge in [-0.25, -0.2) is 14.8 Å². The number of ether oxygens (including phenoxy) is 1. The fraction of sp³-hybridized carbons (Fsp3) is 0.370. The lowest BCUT2D eigenvalue weighted by molar-refractivity contribution is 0.0240. The van der Waals surface area contributed by atoms with Gasteiger partial charge in [-0.15, -0.1) is 0 Å². The molecule has 0 atom stereocenters. The molecule has 0 spiro atoms. The Labute approximate surface area is 200 Å². The van der Waals surface area contributed by atoms with Crippen molar-refractivity contribution in [2.45, 2.75) is 39.2 Å². The molecule has 5 rings (SSSR count). The third kappa shape index (κ3) is 4.55. The first kappa shape index (κ1) is 22.2. The number of hydrogen-bond donors (Lipinski definition) is 0. The summed E-state index contributed by atoms with van der Waals surface area (Å²) in [6.07, 6.45) is 3.57. The number of rotatable bonds is 4. The van der Waals surface area contributed by atoms with Crippen molar-refractivity contribution in [3.63, 3.8) is 0 Å². The number of nitrogens with zero attached hydrogens (tertiary/aromatic N) is 5. The number of piperazine rings is 1. The van der Waals surface area contributed by atoms with Crippen molar-refractivity contribution in [2.75, 3.05) is 31.1 Å². The van der Waals surface area contributed by atoms with Crippen LogP contribution in [0.15, 0.2) is 60.8 Å². The summed E-state index contributed by atoms with van der Waals surface area (Å²) in [4.78, 5) is 26.3. The average Bonchev–Trinajstić information content (AvgIpc) is 3.26. The van der Waals surface area contributed by atoms with E-state index in [-0.39, 0.29) is 6.09 Å². The fourth-order valence-corrected chi connectivity index (χ4v) is 4.46. The third-order valence-electron chi connectivity index (χ3n) is 6.13. The molecule has 7 heteroatoms. The van der Waals surface area contributed by atoms with Crippen LogP contribution in [0.4, 0.5) is 10.6 Å². The minimum atomic E-state index is -0.494. The lowest BCUT2D eigenvalue weighted by atomic mass is 10.1. The Morgan fingerprint density at radius 1 is 0.941 bits per heavy atom. The number of imidazole rings is 1. The molecule has 0 radical (unpaired) electrons. The minimum absolute atomic E-state index is 0.257. The summed E-state index contributed by atoms with van der Waals surface area (Å²) in [6.45, 7) is 8.24. The van der Waals surface area contributed by atoms with Crippen molar-refractivity contribution in [3.05, 3.63) is 72.1 Å². The Morgan fingerprint density at radius 2 is 1.65 bits per heavy atom. The maximum atomic E-state index is 12.5. The normalized spacial score (nSPS) is 14.7. The number of hydrogen-bond acceptors (Lipinski definition) is 5. The van der Waals surface area contributed by atoms with E-state index < -0.39 is 5.60 Å². The molecule has 34 heavy (non-hydrogen) atoms. The molecule has 1 aliphatic heterocycles. The molecule has 0 N–H and O–H groups in total. The lowest BCUT2D eigenvalue weighted by Crippen LogP contribution is -2.50. The van der Waals surface area contributed by atoms with Gasteiger partial charge in [0.15, 0.2) is 11.5 Å². The molecule has 0 bridgehead atoms. The Balaban J connectivity index is 1.43. The highest BCUT2D eigenvalue weighted by atomic mass is 16.6. The van der Waals surface area contributed by atoms with Gasteiger partial charge in [0.25, 0.3) is 0 Å².